The van der Waals surface area contributed by atoms with E-state index >= 15 is 0 Å². The maximum Gasteiger partial charge on any atom is 0.261 e. The molecule has 0 fully saturated rings. The van der Waals surface area contributed by atoms with Crippen molar-refractivity contribution in [1.82, 2.24) is 14.5 Å². The second-order valence-corrected chi connectivity index (χ2v) is 6.80. The normalized spacial score (nSPS) is 11.0. The van der Waals surface area contributed by atoms with E-state index in [4.69, 9.17) is 0 Å². The second kappa shape index (κ2) is 7.23. The third-order valence-corrected chi connectivity index (χ3v) is 4.66. The summed E-state index contributed by atoms with van der Waals surface area (Å²) >= 11 is 0. The van der Waals surface area contributed by atoms with Gasteiger partial charge in [0.25, 0.3) is 5.56 Å². The van der Waals surface area contributed by atoms with Gasteiger partial charge in [-0.15, -0.1) is 0 Å². The zero-order valence-electron chi connectivity index (χ0n) is 15.6. The zero-order chi connectivity index (χ0) is 19.7. The Hall–Kier alpha value is -3.54. The van der Waals surface area contributed by atoms with Crippen LogP contribution in [0.25, 0.3) is 22.0 Å². The van der Waals surface area contributed by atoms with Crippen molar-refractivity contribution in [3.05, 3.63) is 88.9 Å². The Morgan fingerprint density at radius 1 is 1.00 bits per heavy atom. The molecule has 0 N–H and O–H groups in total. The van der Waals surface area contributed by atoms with Crippen molar-refractivity contribution in [1.29, 1.82) is 0 Å². The number of aromatic nitrogens is 3. The molecule has 0 bridgehead atoms. The smallest absolute Gasteiger partial charge is 0.261 e. The highest BCUT2D eigenvalue weighted by molar-refractivity contribution is 5.76. The average molecular weight is 374 g/mol. The lowest BCUT2D eigenvalue weighted by Gasteiger charge is -2.13. The molecule has 0 aliphatic rings. The Labute approximate surface area is 161 Å². The Balaban J connectivity index is 1.67. The maximum atomic E-state index is 14.8. The number of para-hydroxylation sites is 1. The molecule has 0 saturated carbocycles. The zero-order valence-corrected chi connectivity index (χ0v) is 15.6. The summed E-state index contributed by atoms with van der Waals surface area (Å²) in [4.78, 5) is 23.1. The molecule has 28 heavy (non-hydrogen) atoms. The van der Waals surface area contributed by atoms with Gasteiger partial charge in [-0.2, -0.15) is 0 Å². The molecule has 4 aromatic rings. The van der Waals surface area contributed by atoms with Crippen LogP contribution in [0.2, 0.25) is 0 Å². The average Bonchev–Trinajstić information content (AvgIpc) is 2.71. The van der Waals surface area contributed by atoms with Crippen LogP contribution in [-0.4, -0.2) is 28.6 Å². The molecule has 0 unspecified atom stereocenters. The summed E-state index contributed by atoms with van der Waals surface area (Å²) in [6, 6.07) is 15.9. The predicted octanol–water partition coefficient (Wildman–Crippen LogP) is 3.71. The van der Waals surface area contributed by atoms with Gasteiger partial charge in [0.2, 0.25) is 0 Å². The van der Waals surface area contributed by atoms with E-state index in [9.17, 15) is 9.18 Å². The van der Waals surface area contributed by atoms with Crippen molar-refractivity contribution >= 4 is 16.7 Å². The number of anilines is 1. The molecule has 0 atom stereocenters. The summed E-state index contributed by atoms with van der Waals surface area (Å²) in [5, 5.41) is 0.523. The largest absolute Gasteiger partial charge is 0.363 e. The highest BCUT2D eigenvalue weighted by Crippen LogP contribution is 2.24. The molecule has 0 saturated heterocycles. The number of nitrogens with zero attached hydrogens (tertiary/aromatic N) is 4. The summed E-state index contributed by atoms with van der Waals surface area (Å²) in [5.74, 6) is 0.441. The van der Waals surface area contributed by atoms with E-state index < -0.39 is 0 Å². The molecule has 0 amide bonds. The minimum atomic E-state index is -0.360. The lowest BCUT2D eigenvalue weighted by molar-refractivity contribution is 0.596. The van der Waals surface area contributed by atoms with E-state index in [1.54, 1.807) is 30.5 Å². The highest BCUT2D eigenvalue weighted by Gasteiger charge is 2.10. The molecule has 4 rings (SSSR count). The molecule has 2 aromatic carbocycles. The molecule has 6 heteroatoms. The van der Waals surface area contributed by atoms with E-state index in [0.717, 1.165) is 16.9 Å². The molecular weight excluding hydrogens is 355 g/mol. The minimum Gasteiger partial charge on any atom is -0.363 e. The van der Waals surface area contributed by atoms with Crippen LogP contribution in [-0.2, 0) is 6.54 Å². The summed E-state index contributed by atoms with van der Waals surface area (Å²) < 4.78 is 16.2. The van der Waals surface area contributed by atoms with Gasteiger partial charge < -0.3 is 4.90 Å². The molecule has 5 nitrogen and oxygen atoms in total. The van der Waals surface area contributed by atoms with Gasteiger partial charge in [-0.05, 0) is 41.5 Å². The van der Waals surface area contributed by atoms with E-state index in [-0.39, 0.29) is 17.9 Å². The van der Waals surface area contributed by atoms with E-state index in [1.807, 2.05) is 43.3 Å². The maximum absolute atomic E-state index is 14.8. The first kappa shape index (κ1) is 17.9. The van der Waals surface area contributed by atoms with Gasteiger partial charge in [0.15, 0.2) is 0 Å². The third-order valence-electron chi connectivity index (χ3n) is 4.66. The summed E-state index contributed by atoms with van der Waals surface area (Å²) in [6.07, 6.45) is 3.17. The van der Waals surface area contributed by atoms with Crippen LogP contribution in [0.1, 0.15) is 5.56 Å². The number of hydrogen-bond acceptors (Lipinski definition) is 4. The Kier molecular flexibility index (Phi) is 4.61. The van der Waals surface area contributed by atoms with Gasteiger partial charge in [-0.25, -0.2) is 14.4 Å². The standard InChI is InChI=1S/C22H19FN4O/c1-26(2)21-12-16(9-10-24-21)15-7-8-17(19(23)11-15)13-27-14-25-20-6-4-3-5-18(20)22(27)28/h3-12,14H,13H2,1-2H3. The fraction of sp³-hybridized carbons (Fsp3) is 0.136. The SMILES string of the molecule is CN(C)c1cc(-c2ccc(Cn3cnc4ccccc4c3=O)c(F)c2)ccn1. The van der Waals surface area contributed by atoms with E-state index in [2.05, 4.69) is 9.97 Å². The molecule has 0 aliphatic carbocycles. The number of halogens is 1. The van der Waals surface area contributed by atoms with Gasteiger partial charge in [0, 0.05) is 25.9 Å². The Bertz CT molecular complexity index is 1220. The first-order chi connectivity index (χ1) is 13.5. The number of rotatable bonds is 4. The van der Waals surface area contributed by atoms with Crippen molar-refractivity contribution in [2.75, 3.05) is 19.0 Å². The van der Waals surface area contributed by atoms with Gasteiger partial charge in [0.1, 0.15) is 11.6 Å². The molecule has 2 heterocycles. The first-order valence-electron chi connectivity index (χ1n) is 8.89. The van der Waals surface area contributed by atoms with Gasteiger partial charge in [-0.1, -0.05) is 24.3 Å². The number of fused-ring (bicyclic) bond motifs is 1. The second-order valence-electron chi connectivity index (χ2n) is 6.80. The molecule has 2 aromatic heterocycles. The predicted molar refractivity (Wildman–Crippen MR) is 109 cm³/mol. The van der Waals surface area contributed by atoms with Crippen molar-refractivity contribution in [2.24, 2.45) is 0 Å². The molecule has 0 aliphatic heterocycles. The first-order valence-corrected chi connectivity index (χ1v) is 8.89. The van der Waals surface area contributed by atoms with Crippen LogP contribution in [0.3, 0.4) is 0 Å². The van der Waals surface area contributed by atoms with Gasteiger partial charge >= 0.3 is 0 Å². The third kappa shape index (κ3) is 3.36. The Morgan fingerprint density at radius 2 is 1.79 bits per heavy atom. The fourth-order valence-electron chi connectivity index (χ4n) is 3.10. The number of pyridine rings is 1. The monoisotopic (exact) mass is 374 g/mol. The molecule has 0 spiro atoms. The van der Waals surface area contributed by atoms with Crippen LogP contribution in [0, 0.1) is 5.82 Å². The van der Waals surface area contributed by atoms with E-state index in [1.165, 1.54) is 17.0 Å². The molecule has 0 radical (unpaired) electrons. The van der Waals surface area contributed by atoms with Crippen molar-refractivity contribution in [3.63, 3.8) is 0 Å². The van der Waals surface area contributed by atoms with Crippen LogP contribution >= 0.6 is 0 Å². The van der Waals surface area contributed by atoms with Gasteiger partial charge in [-0.3, -0.25) is 9.36 Å². The quantitative estimate of drug-likeness (QED) is 0.546. The number of hydrogen-bond donors (Lipinski definition) is 0. The van der Waals surface area contributed by atoms with Crippen LogP contribution in [0.5, 0.6) is 0 Å². The summed E-state index contributed by atoms with van der Waals surface area (Å²) in [5.41, 5.74) is 2.53. The topological polar surface area (TPSA) is 51.0 Å². The van der Waals surface area contributed by atoms with Gasteiger partial charge in [0.05, 0.1) is 23.8 Å². The van der Waals surface area contributed by atoms with Crippen LogP contribution in [0.4, 0.5) is 10.2 Å². The lowest BCUT2D eigenvalue weighted by Crippen LogP contribution is -2.21. The van der Waals surface area contributed by atoms with E-state index in [0.29, 0.717) is 16.5 Å². The molecular formula is C22H19FN4O. The number of benzene rings is 2. The summed E-state index contributed by atoms with van der Waals surface area (Å²) in [6.45, 7) is 0.127. The Morgan fingerprint density at radius 3 is 2.57 bits per heavy atom. The van der Waals surface area contributed by atoms with Crippen molar-refractivity contribution < 1.29 is 4.39 Å². The highest BCUT2D eigenvalue weighted by atomic mass is 19.1. The summed E-state index contributed by atoms with van der Waals surface area (Å²) in [7, 11) is 3.82. The molecule has 140 valence electrons. The lowest BCUT2D eigenvalue weighted by atomic mass is 10.0. The minimum absolute atomic E-state index is 0.127. The van der Waals surface area contributed by atoms with Crippen molar-refractivity contribution in [3.8, 4) is 11.1 Å². The van der Waals surface area contributed by atoms with Crippen molar-refractivity contribution in [2.45, 2.75) is 6.54 Å². The van der Waals surface area contributed by atoms with Crippen LogP contribution < -0.4 is 10.5 Å². The van der Waals surface area contributed by atoms with Crippen LogP contribution in [0.15, 0.2) is 71.9 Å². The fourth-order valence-corrected chi connectivity index (χ4v) is 3.10.